The van der Waals surface area contributed by atoms with Crippen molar-refractivity contribution in [3.05, 3.63) is 71.9 Å². The molecule has 2 aromatic carbocycles. The van der Waals surface area contributed by atoms with E-state index in [-0.39, 0.29) is 6.42 Å². The van der Waals surface area contributed by atoms with Crippen LogP contribution >= 0.6 is 0 Å². The van der Waals surface area contributed by atoms with E-state index in [1.54, 1.807) is 12.3 Å². The molecule has 0 saturated heterocycles. The van der Waals surface area contributed by atoms with Crippen molar-refractivity contribution < 1.29 is 19.4 Å². The van der Waals surface area contributed by atoms with Crippen LogP contribution in [0.5, 0.6) is 5.75 Å². The fraction of sp³-hybridized carbons (Fsp3) is 0.182. The van der Waals surface area contributed by atoms with E-state index in [4.69, 9.17) is 4.74 Å². The lowest BCUT2D eigenvalue weighted by Gasteiger charge is -2.13. The Hall–Kier alpha value is -3.54. The number of aromatic amines is 1. The number of rotatable bonds is 8. The number of nitrogens with one attached hydrogen (secondary N) is 2. The summed E-state index contributed by atoms with van der Waals surface area (Å²) in [6.07, 6.45) is 4.91. The highest BCUT2D eigenvalue weighted by atomic mass is 16.5. The number of benzene rings is 2. The lowest BCUT2D eigenvalue weighted by atomic mass is 10.0. The molecule has 0 saturated carbocycles. The van der Waals surface area contributed by atoms with Crippen LogP contribution in [0.2, 0.25) is 0 Å². The summed E-state index contributed by atoms with van der Waals surface area (Å²) in [5.74, 6) is -0.886. The molecule has 6 heteroatoms. The van der Waals surface area contributed by atoms with Crippen LogP contribution < -0.4 is 10.1 Å². The van der Waals surface area contributed by atoms with Crippen LogP contribution in [0.4, 0.5) is 0 Å². The van der Waals surface area contributed by atoms with Gasteiger partial charge in [0.05, 0.1) is 6.61 Å². The SMILES string of the molecule is CCOc1ccccc1/C=C/C(=O)NC(Cc1c[nH]c2ccccc12)C(=O)O. The first-order valence-electron chi connectivity index (χ1n) is 9.06. The molecule has 144 valence electrons. The van der Waals surface area contributed by atoms with Gasteiger partial charge in [-0.1, -0.05) is 36.4 Å². The summed E-state index contributed by atoms with van der Waals surface area (Å²) >= 11 is 0. The topological polar surface area (TPSA) is 91.4 Å². The van der Waals surface area contributed by atoms with Gasteiger partial charge in [0.2, 0.25) is 5.91 Å². The molecule has 0 aliphatic rings. The monoisotopic (exact) mass is 378 g/mol. The maximum Gasteiger partial charge on any atom is 0.326 e. The molecule has 0 radical (unpaired) electrons. The molecular weight excluding hydrogens is 356 g/mol. The average Bonchev–Trinajstić information content (AvgIpc) is 3.10. The van der Waals surface area contributed by atoms with E-state index in [0.29, 0.717) is 12.4 Å². The molecule has 1 unspecified atom stereocenters. The molecule has 6 nitrogen and oxygen atoms in total. The molecule has 0 aliphatic heterocycles. The Labute approximate surface area is 162 Å². The zero-order valence-electron chi connectivity index (χ0n) is 15.5. The van der Waals surface area contributed by atoms with Crippen molar-refractivity contribution in [3.63, 3.8) is 0 Å². The number of ether oxygens (including phenoxy) is 1. The number of H-pyrrole nitrogens is 1. The van der Waals surface area contributed by atoms with E-state index in [2.05, 4.69) is 10.3 Å². The third kappa shape index (κ3) is 4.59. The Balaban J connectivity index is 1.70. The highest BCUT2D eigenvalue weighted by molar-refractivity contribution is 5.95. The summed E-state index contributed by atoms with van der Waals surface area (Å²) in [5.41, 5.74) is 2.53. The van der Waals surface area contributed by atoms with Gasteiger partial charge in [-0.15, -0.1) is 0 Å². The highest BCUT2D eigenvalue weighted by Crippen LogP contribution is 2.20. The summed E-state index contributed by atoms with van der Waals surface area (Å²) in [7, 11) is 0. The van der Waals surface area contributed by atoms with Crippen LogP contribution in [0.1, 0.15) is 18.1 Å². The Kier molecular flexibility index (Phi) is 6.11. The van der Waals surface area contributed by atoms with Gasteiger partial charge < -0.3 is 20.1 Å². The van der Waals surface area contributed by atoms with Gasteiger partial charge in [0, 0.05) is 35.2 Å². The minimum absolute atomic E-state index is 0.189. The number of carbonyl (C=O) groups is 2. The third-order valence-electron chi connectivity index (χ3n) is 4.35. The number of carbonyl (C=O) groups excluding carboxylic acids is 1. The molecule has 3 rings (SSSR count). The lowest BCUT2D eigenvalue weighted by Crippen LogP contribution is -2.41. The molecule has 1 atom stereocenters. The zero-order chi connectivity index (χ0) is 19.9. The van der Waals surface area contributed by atoms with Crippen molar-refractivity contribution in [2.45, 2.75) is 19.4 Å². The van der Waals surface area contributed by atoms with Crippen LogP contribution in [0.3, 0.4) is 0 Å². The lowest BCUT2D eigenvalue weighted by molar-refractivity contribution is -0.141. The quantitative estimate of drug-likeness (QED) is 0.524. The van der Waals surface area contributed by atoms with Gasteiger partial charge in [-0.2, -0.15) is 0 Å². The number of hydrogen-bond acceptors (Lipinski definition) is 3. The number of carboxylic acids is 1. The first kappa shape index (κ1) is 19.2. The summed E-state index contributed by atoms with van der Waals surface area (Å²) in [6.45, 7) is 2.40. The number of para-hydroxylation sites is 2. The van der Waals surface area contributed by atoms with Crippen LogP contribution in [-0.2, 0) is 16.0 Å². The van der Waals surface area contributed by atoms with Crippen molar-refractivity contribution in [2.24, 2.45) is 0 Å². The van der Waals surface area contributed by atoms with Crippen LogP contribution in [0, 0.1) is 0 Å². The second-order valence-electron chi connectivity index (χ2n) is 6.27. The summed E-state index contributed by atoms with van der Waals surface area (Å²) < 4.78 is 5.52. The van der Waals surface area contributed by atoms with Crippen LogP contribution in [-0.4, -0.2) is 34.6 Å². The molecule has 1 heterocycles. The summed E-state index contributed by atoms with van der Waals surface area (Å²) in [4.78, 5) is 27.0. The van der Waals surface area contributed by atoms with Crippen LogP contribution in [0.15, 0.2) is 60.8 Å². The molecule has 28 heavy (non-hydrogen) atoms. The van der Waals surface area contributed by atoms with Gasteiger partial charge in [-0.3, -0.25) is 4.79 Å². The number of aromatic nitrogens is 1. The average molecular weight is 378 g/mol. The number of aliphatic carboxylic acids is 1. The highest BCUT2D eigenvalue weighted by Gasteiger charge is 2.21. The first-order valence-corrected chi connectivity index (χ1v) is 9.06. The van der Waals surface area contributed by atoms with Crippen molar-refractivity contribution in [1.82, 2.24) is 10.3 Å². The number of fused-ring (bicyclic) bond motifs is 1. The van der Waals surface area contributed by atoms with Crippen molar-refractivity contribution in [2.75, 3.05) is 6.61 Å². The second-order valence-corrected chi connectivity index (χ2v) is 6.27. The largest absolute Gasteiger partial charge is 0.493 e. The summed E-state index contributed by atoms with van der Waals surface area (Å²) in [5, 5.41) is 13.0. The minimum atomic E-state index is -1.08. The number of carboxylic acid groups (broad SMARTS) is 1. The molecule has 0 fully saturated rings. The predicted octanol–water partition coefficient (Wildman–Crippen LogP) is 3.39. The van der Waals surface area contributed by atoms with E-state index < -0.39 is 17.9 Å². The van der Waals surface area contributed by atoms with Crippen LogP contribution in [0.25, 0.3) is 17.0 Å². The van der Waals surface area contributed by atoms with Gasteiger partial charge in [0.15, 0.2) is 0 Å². The maximum absolute atomic E-state index is 12.3. The molecule has 1 aromatic heterocycles. The van der Waals surface area contributed by atoms with Crippen molar-refractivity contribution >= 4 is 28.9 Å². The molecule has 0 spiro atoms. The van der Waals surface area contributed by atoms with Gasteiger partial charge >= 0.3 is 5.97 Å². The fourth-order valence-electron chi connectivity index (χ4n) is 3.01. The third-order valence-corrected chi connectivity index (χ3v) is 4.35. The number of amides is 1. The number of hydrogen-bond donors (Lipinski definition) is 3. The van der Waals surface area contributed by atoms with Gasteiger partial charge in [0.1, 0.15) is 11.8 Å². The van der Waals surface area contributed by atoms with E-state index in [9.17, 15) is 14.7 Å². The smallest absolute Gasteiger partial charge is 0.326 e. The summed E-state index contributed by atoms with van der Waals surface area (Å²) in [6, 6.07) is 14.0. The first-order chi connectivity index (χ1) is 13.6. The molecule has 0 bridgehead atoms. The standard InChI is InChI=1S/C22H22N2O4/c1-2-28-20-10-6-3-7-15(20)11-12-21(25)24-19(22(26)27)13-16-14-23-18-9-5-4-8-17(16)18/h3-12,14,19,23H,2,13H2,1H3,(H,24,25)(H,26,27)/b12-11+. The molecule has 0 aliphatic carbocycles. The molecule has 3 aromatic rings. The molecule has 3 N–H and O–H groups in total. The van der Waals surface area contributed by atoms with E-state index >= 15 is 0 Å². The Bertz CT molecular complexity index is 1010. The fourth-order valence-corrected chi connectivity index (χ4v) is 3.01. The second kappa shape index (κ2) is 8.90. The van der Waals surface area contributed by atoms with Crippen molar-refractivity contribution in [1.29, 1.82) is 0 Å². The predicted molar refractivity (Wildman–Crippen MR) is 108 cm³/mol. The van der Waals surface area contributed by atoms with E-state index in [1.165, 1.54) is 6.08 Å². The minimum Gasteiger partial charge on any atom is -0.493 e. The molecular formula is C22H22N2O4. The van der Waals surface area contributed by atoms with E-state index in [1.807, 2.05) is 55.5 Å². The Morgan fingerprint density at radius 3 is 2.71 bits per heavy atom. The molecule has 1 amide bonds. The zero-order valence-corrected chi connectivity index (χ0v) is 15.5. The Morgan fingerprint density at radius 2 is 1.93 bits per heavy atom. The van der Waals surface area contributed by atoms with E-state index in [0.717, 1.165) is 22.0 Å². The Morgan fingerprint density at radius 1 is 1.18 bits per heavy atom. The normalized spacial score (nSPS) is 12.2. The van der Waals surface area contributed by atoms with Gasteiger partial charge in [-0.05, 0) is 30.7 Å². The van der Waals surface area contributed by atoms with Gasteiger partial charge in [0.25, 0.3) is 0 Å². The van der Waals surface area contributed by atoms with Crippen molar-refractivity contribution in [3.8, 4) is 5.75 Å². The maximum atomic E-state index is 12.3. The van der Waals surface area contributed by atoms with Gasteiger partial charge in [-0.25, -0.2) is 4.79 Å².